The van der Waals surface area contributed by atoms with Gasteiger partial charge in [-0.25, -0.2) is 9.78 Å². The van der Waals surface area contributed by atoms with Gasteiger partial charge in [-0.05, 0) is 37.1 Å². The van der Waals surface area contributed by atoms with E-state index in [1.54, 1.807) is 36.4 Å². The van der Waals surface area contributed by atoms with Crippen LogP contribution in [0.3, 0.4) is 0 Å². The summed E-state index contributed by atoms with van der Waals surface area (Å²) < 4.78 is 22.2. The van der Waals surface area contributed by atoms with E-state index in [2.05, 4.69) is 14.9 Å². The van der Waals surface area contributed by atoms with Gasteiger partial charge in [-0.3, -0.25) is 9.88 Å². The number of aliphatic hydroxyl groups is 1. The van der Waals surface area contributed by atoms with Gasteiger partial charge in [0, 0.05) is 37.8 Å². The monoisotopic (exact) mass is 492 g/mol. The molecule has 10 nitrogen and oxygen atoms in total. The molecule has 1 N–H and O–H groups in total. The van der Waals surface area contributed by atoms with Crippen molar-refractivity contribution in [3.8, 4) is 17.4 Å². The number of fused-ring (bicyclic) bond motifs is 2. The van der Waals surface area contributed by atoms with Crippen molar-refractivity contribution in [3.05, 3.63) is 42.6 Å². The van der Waals surface area contributed by atoms with Crippen LogP contribution in [0.1, 0.15) is 19.3 Å². The van der Waals surface area contributed by atoms with Gasteiger partial charge in [0.1, 0.15) is 24.8 Å². The standard InChI is InChI=1S/C26H28N4O6/c1-33-23-5-3-19-24(28-23)20(6-9-27-19)29-10-7-26(32,8-11-29)15-18-16-30(25(31)36-18)17-2-4-21-22(14-17)35-13-12-34-21/h2-6,9,14,18,32H,7-8,10-13,15-16H2,1H3. The lowest BCUT2D eigenvalue weighted by atomic mass is 9.85. The first-order valence-electron chi connectivity index (χ1n) is 12.2. The smallest absolute Gasteiger partial charge is 0.414 e. The predicted molar refractivity (Wildman–Crippen MR) is 132 cm³/mol. The minimum atomic E-state index is -0.918. The third kappa shape index (κ3) is 4.21. The number of cyclic esters (lactones) is 1. The molecule has 3 aliphatic heterocycles. The van der Waals surface area contributed by atoms with Gasteiger partial charge < -0.3 is 29.0 Å². The van der Waals surface area contributed by atoms with Gasteiger partial charge in [0.25, 0.3) is 0 Å². The normalized spacial score (nSPS) is 20.9. The molecule has 0 spiro atoms. The van der Waals surface area contributed by atoms with Crippen LogP contribution >= 0.6 is 0 Å². The second-order valence-corrected chi connectivity index (χ2v) is 9.41. The van der Waals surface area contributed by atoms with E-state index in [4.69, 9.17) is 18.9 Å². The maximum Gasteiger partial charge on any atom is 0.414 e. The number of hydrogen-bond acceptors (Lipinski definition) is 9. The molecule has 188 valence electrons. The highest BCUT2D eigenvalue weighted by Crippen LogP contribution is 2.38. The number of rotatable bonds is 5. The first-order valence-corrected chi connectivity index (χ1v) is 12.2. The van der Waals surface area contributed by atoms with Crippen LogP contribution < -0.4 is 24.0 Å². The van der Waals surface area contributed by atoms with Crippen LogP contribution in [-0.2, 0) is 4.74 Å². The number of nitrogens with zero attached hydrogens (tertiary/aromatic N) is 4. The summed E-state index contributed by atoms with van der Waals surface area (Å²) >= 11 is 0. The zero-order valence-electron chi connectivity index (χ0n) is 20.1. The molecule has 10 heteroatoms. The van der Waals surface area contributed by atoms with Crippen LogP contribution in [-0.4, -0.2) is 72.8 Å². The summed E-state index contributed by atoms with van der Waals surface area (Å²) in [7, 11) is 1.59. The highest BCUT2D eigenvalue weighted by atomic mass is 16.6. The fraction of sp³-hybridized carbons (Fsp3) is 0.423. The summed E-state index contributed by atoms with van der Waals surface area (Å²) in [5, 5.41) is 11.4. The number of amides is 1. The van der Waals surface area contributed by atoms with E-state index in [0.717, 1.165) is 16.7 Å². The van der Waals surface area contributed by atoms with Gasteiger partial charge in [0.05, 0.1) is 36.1 Å². The highest BCUT2D eigenvalue weighted by Gasteiger charge is 2.41. The van der Waals surface area contributed by atoms with Crippen molar-refractivity contribution in [2.75, 3.05) is 49.8 Å². The molecule has 0 saturated carbocycles. The average Bonchev–Trinajstić information content (AvgIpc) is 3.27. The molecule has 1 unspecified atom stereocenters. The number of hydrogen-bond donors (Lipinski definition) is 1. The Kier molecular flexibility index (Phi) is 5.67. The van der Waals surface area contributed by atoms with Gasteiger partial charge in [-0.1, -0.05) is 0 Å². The number of piperidine rings is 1. The Morgan fingerprint density at radius 2 is 1.92 bits per heavy atom. The fourth-order valence-electron chi connectivity index (χ4n) is 5.19. The van der Waals surface area contributed by atoms with E-state index >= 15 is 0 Å². The minimum Gasteiger partial charge on any atom is -0.486 e. The van der Waals surface area contributed by atoms with Crippen LogP contribution in [0.5, 0.6) is 17.4 Å². The molecule has 1 amide bonds. The molecule has 0 radical (unpaired) electrons. The number of ether oxygens (including phenoxy) is 4. The van der Waals surface area contributed by atoms with E-state index in [1.807, 2.05) is 18.2 Å². The van der Waals surface area contributed by atoms with Gasteiger partial charge in [0.2, 0.25) is 5.88 Å². The Morgan fingerprint density at radius 1 is 1.11 bits per heavy atom. The first kappa shape index (κ1) is 22.7. The van der Waals surface area contributed by atoms with Crippen LogP contribution in [0, 0.1) is 0 Å². The van der Waals surface area contributed by atoms with E-state index in [-0.39, 0.29) is 0 Å². The third-order valence-electron chi connectivity index (χ3n) is 7.10. The molecule has 0 aliphatic carbocycles. The molecular weight excluding hydrogens is 464 g/mol. The lowest BCUT2D eigenvalue weighted by molar-refractivity contribution is -0.0220. The molecule has 2 fully saturated rings. The van der Waals surface area contributed by atoms with Crippen LogP contribution in [0.2, 0.25) is 0 Å². The fourth-order valence-corrected chi connectivity index (χ4v) is 5.19. The summed E-state index contributed by atoms with van der Waals surface area (Å²) in [6.45, 7) is 2.68. The minimum absolute atomic E-state index is 0.378. The van der Waals surface area contributed by atoms with Crippen molar-refractivity contribution in [1.82, 2.24) is 9.97 Å². The Hall–Kier alpha value is -3.79. The van der Waals surface area contributed by atoms with E-state index < -0.39 is 17.8 Å². The molecule has 1 atom stereocenters. The summed E-state index contributed by atoms with van der Waals surface area (Å²) in [5.41, 5.74) is 2.32. The van der Waals surface area contributed by atoms with Crippen molar-refractivity contribution in [2.45, 2.75) is 31.0 Å². The predicted octanol–water partition coefficient (Wildman–Crippen LogP) is 3.16. The van der Waals surface area contributed by atoms with Gasteiger partial charge in [-0.15, -0.1) is 0 Å². The number of pyridine rings is 2. The highest BCUT2D eigenvalue weighted by molar-refractivity contribution is 5.90. The molecule has 2 aromatic heterocycles. The number of benzene rings is 1. The Labute approximate surface area is 208 Å². The summed E-state index contributed by atoms with van der Waals surface area (Å²) in [6, 6.07) is 11.1. The molecule has 0 bridgehead atoms. The maximum absolute atomic E-state index is 12.6. The molecule has 36 heavy (non-hydrogen) atoms. The van der Waals surface area contributed by atoms with E-state index in [0.29, 0.717) is 75.2 Å². The maximum atomic E-state index is 12.6. The second-order valence-electron chi connectivity index (χ2n) is 9.41. The molecule has 3 aromatic rings. The van der Waals surface area contributed by atoms with E-state index in [9.17, 15) is 9.90 Å². The summed E-state index contributed by atoms with van der Waals surface area (Å²) in [4.78, 5) is 25.4. The number of anilines is 2. The second kappa shape index (κ2) is 9.02. The Morgan fingerprint density at radius 3 is 2.72 bits per heavy atom. The number of carbonyl (C=O) groups is 1. The van der Waals surface area contributed by atoms with E-state index in [1.165, 1.54) is 0 Å². The van der Waals surface area contributed by atoms with Crippen molar-refractivity contribution < 1.29 is 28.8 Å². The number of carbonyl (C=O) groups excluding carboxylic acids is 1. The zero-order chi connectivity index (χ0) is 24.7. The summed E-state index contributed by atoms with van der Waals surface area (Å²) in [5.74, 6) is 1.83. The molecule has 6 rings (SSSR count). The number of methoxy groups -OCH3 is 1. The number of aromatic nitrogens is 2. The largest absolute Gasteiger partial charge is 0.486 e. The van der Waals surface area contributed by atoms with Gasteiger partial charge in [-0.2, -0.15) is 0 Å². The lowest BCUT2D eigenvalue weighted by Gasteiger charge is -2.40. The molecule has 5 heterocycles. The Bertz CT molecular complexity index is 1290. The lowest BCUT2D eigenvalue weighted by Crippen LogP contribution is -2.46. The molecular formula is C26H28N4O6. The SMILES string of the molecule is COc1ccc2nccc(N3CCC(O)(CC4CN(c5ccc6c(c5)OCCO6)C(=O)O4)CC3)c2n1. The first-order chi connectivity index (χ1) is 17.5. The molecule has 1 aromatic carbocycles. The van der Waals surface area contributed by atoms with Crippen molar-refractivity contribution in [2.24, 2.45) is 0 Å². The van der Waals surface area contributed by atoms with Crippen molar-refractivity contribution in [3.63, 3.8) is 0 Å². The van der Waals surface area contributed by atoms with Crippen LogP contribution in [0.15, 0.2) is 42.6 Å². The van der Waals surface area contributed by atoms with Gasteiger partial charge >= 0.3 is 6.09 Å². The quantitative estimate of drug-likeness (QED) is 0.575. The zero-order valence-corrected chi connectivity index (χ0v) is 20.1. The van der Waals surface area contributed by atoms with Crippen molar-refractivity contribution in [1.29, 1.82) is 0 Å². The molecule has 2 saturated heterocycles. The van der Waals surface area contributed by atoms with Crippen molar-refractivity contribution >= 4 is 28.5 Å². The topological polar surface area (TPSA) is 106 Å². The van der Waals surface area contributed by atoms with Gasteiger partial charge in [0.15, 0.2) is 11.5 Å². The summed E-state index contributed by atoms with van der Waals surface area (Å²) in [6.07, 6.45) is 2.46. The third-order valence-corrected chi connectivity index (χ3v) is 7.10. The average molecular weight is 493 g/mol. The van der Waals surface area contributed by atoms with Crippen LogP contribution in [0.25, 0.3) is 11.0 Å². The molecule has 3 aliphatic rings. The van der Waals surface area contributed by atoms with Crippen LogP contribution in [0.4, 0.5) is 16.2 Å². The Balaban J connectivity index is 1.12.